The number of thioether (sulfide) groups is 1. The van der Waals surface area contributed by atoms with Gasteiger partial charge in [-0.05, 0) is 17.7 Å². The standard InChI is InChI=1S/C18H18N3O2PS/c1-20-16-10-6-5-9-15(16)17(22)21-11-12-25-18(24(20,21)23)19-13-14-7-3-2-4-8-14/h2-10,13,18H,11-12H2,1H3/b19-13+. The van der Waals surface area contributed by atoms with Gasteiger partial charge < -0.3 is 4.89 Å². The molecule has 0 saturated carbocycles. The number of carbonyl (C=O) groups excluding carboxylic acids is 1. The molecule has 0 aliphatic carbocycles. The number of amides is 1. The average Bonchev–Trinajstić information content (AvgIpc) is 2.66. The van der Waals surface area contributed by atoms with E-state index >= 15 is 0 Å². The summed E-state index contributed by atoms with van der Waals surface area (Å²) in [7, 11) is -1.36. The first kappa shape index (κ1) is 16.6. The second-order valence-corrected chi connectivity index (χ2v) is 10.2. The maximum atomic E-state index is 14.0. The predicted octanol–water partition coefficient (Wildman–Crippen LogP) is 2.85. The van der Waals surface area contributed by atoms with E-state index in [2.05, 4.69) is 4.99 Å². The second kappa shape index (κ2) is 6.45. The Bertz CT molecular complexity index is 832. The Balaban J connectivity index is 1.74. The van der Waals surface area contributed by atoms with Gasteiger partial charge in [-0.3, -0.25) is 4.79 Å². The molecule has 2 atom stereocenters. The van der Waals surface area contributed by atoms with Crippen molar-refractivity contribution in [1.29, 1.82) is 0 Å². The molecule has 0 spiro atoms. The molecule has 0 radical (unpaired) electrons. The topological polar surface area (TPSA) is 59.0 Å². The van der Waals surface area contributed by atoms with Crippen molar-refractivity contribution in [2.75, 3.05) is 24.0 Å². The van der Waals surface area contributed by atoms with Crippen molar-refractivity contribution in [3.63, 3.8) is 0 Å². The largest absolute Gasteiger partial charge is 0.640 e. The lowest BCUT2D eigenvalue weighted by Gasteiger charge is -2.52. The first-order chi connectivity index (χ1) is 12.1. The lowest BCUT2D eigenvalue weighted by atomic mass is 10.1. The van der Waals surface area contributed by atoms with E-state index in [4.69, 9.17) is 0 Å². The molecule has 1 fully saturated rings. The predicted molar refractivity (Wildman–Crippen MR) is 103 cm³/mol. The van der Waals surface area contributed by atoms with Gasteiger partial charge in [0.1, 0.15) is 0 Å². The Morgan fingerprint density at radius 3 is 2.72 bits per heavy atom. The summed E-state index contributed by atoms with van der Waals surface area (Å²) in [5.74, 6) is 0.569. The fourth-order valence-corrected chi connectivity index (χ4v) is 8.17. The molecule has 1 amide bonds. The Morgan fingerprint density at radius 1 is 1.20 bits per heavy atom. The van der Waals surface area contributed by atoms with Crippen LogP contribution in [0.15, 0.2) is 59.6 Å². The van der Waals surface area contributed by atoms with Gasteiger partial charge in [0.15, 0.2) is 7.79 Å². The lowest BCUT2D eigenvalue weighted by molar-refractivity contribution is -0.181. The minimum Gasteiger partial charge on any atom is -0.640 e. The van der Waals surface area contributed by atoms with Crippen LogP contribution >= 0.6 is 19.6 Å². The van der Waals surface area contributed by atoms with Gasteiger partial charge in [0.05, 0.1) is 17.8 Å². The van der Waals surface area contributed by atoms with Gasteiger partial charge >= 0.3 is 0 Å². The Hall–Kier alpha value is -1.88. The molecule has 2 heterocycles. The summed E-state index contributed by atoms with van der Waals surface area (Å²) in [6, 6.07) is 17.1. The van der Waals surface area contributed by atoms with Crippen molar-refractivity contribution in [2.45, 2.75) is 5.11 Å². The number of hydrogen-bond donors (Lipinski definition) is 0. The van der Waals surface area contributed by atoms with Gasteiger partial charge in [0.2, 0.25) is 5.11 Å². The molecule has 128 valence electrons. The zero-order chi connectivity index (χ0) is 17.4. The first-order valence-electron chi connectivity index (χ1n) is 8.07. The van der Waals surface area contributed by atoms with E-state index in [0.29, 0.717) is 12.1 Å². The number of nitrogens with zero attached hydrogens (tertiary/aromatic N) is 3. The highest BCUT2D eigenvalue weighted by atomic mass is 32.2. The molecular formula is C18H18N3O2PS. The van der Waals surface area contributed by atoms with E-state index in [-0.39, 0.29) is 5.91 Å². The molecular weight excluding hydrogens is 353 g/mol. The van der Waals surface area contributed by atoms with Crippen LogP contribution in [0.3, 0.4) is 0 Å². The van der Waals surface area contributed by atoms with Gasteiger partial charge in [0.25, 0.3) is 5.91 Å². The first-order valence-corrected chi connectivity index (χ1v) is 10.8. The molecule has 0 aromatic heterocycles. The highest BCUT2D eigenvalue weighted by Gasteiger charge is 2.56. The SMILES string of the molecule is CN1c2ccccc2C(=O)N2CCSC(/N=C/c3ccccc3)[P+]21[O-]. The number of hydrogen-bond acceptors (Lipinski definition) is 5. The molecule has 0 N–H and O–H groups in total. The average molecular weight is 371 g/mol. The quantitative estimate of drug-likeness (QED) is 0.602. The number of fused-ring (bicyclic) bond motifs is 2. The summed E-state index contributed by atoms with van der Waals surface area (Å²) >= 11 is 1.55. The highest BCUT2D eigenvalue weighted by molar-refractivity contribution is 8.07. The van der Waals surface area contributed by atoms with Crippen LogP contribution in [0.4, 0.5) is 5.69 Å². The van der Waals surface area contributed by atoms with Gasteiger partial charge in [0, 0.05) is 19.0 Å². The van der Waals surface area contributed by atoms with E-state index in [1.54, 1.807) is 40.4 Å². The molecule has 2 aliphatic heterocycles. The van der Waals surface area contributed by atoms with Crippen molar-refractivity contribution < 1.29 is 9.69 Å². The summed E-state index contributed by atoms with van der Waals surface area (Å²) in [4.78, 5) is 31.5. The summed E-state index contributed by atoms with van der Waals surface area (Å²) in [6.45, 7) is 0.483. The van der Waals surface area contributed by atoms with Crippen LogP contribution in [0.5, 0.6) is 0 Å². The third kappa shape index (κ3) is 2.65. The summed E-state index contributed by atoms with van der Waals surface area (Å²) in [5.41, 5.74) is 2.28. The van der Waals surface area contributed by atoms with Gasteiger partial charge in [-0.2, -0.15) is 4.67 Å². The van der Waals surface area contributed by atoms with E-state index in [1.165, 1.54) is 0 Å². The fourth-order valence-electron chi connectivity index (χ4n) is 3.19. The molecule has 25 heavy (non-hydrogen) atoms. The Morgan fingerprint density at radius 2 is 1.92 bits per heavy atom. The third-order valence-corrected chi connectivity index (χ3v) is 9.47. The number of aliphatic imine (C=N–C) groups is 1. The summed E-state index contributed by atoms with van der Waals surface area (Å²) in [6.07, 6.45) is 1.75. The van der Waals surface area contributed by atoms with Gasteiger partial charge in [-0.15, -0.1) is 0 Å². The molecule has 2 aliphatic rings. The van der Waals surface area contributed by atoms with E-state index in [9.17, 15) is 9.69 Å². The zero-order valence-corrected chi connectivity index (χ0v) is 15.5. The van der Waals surface area contributed by atoms with Gasteiger partial charge in [-0.1, -0.05) is 54.2 Å². The maximum Gasteiger partial charge on any atom is 0.289 e. The van der Waals surface area contributed by atoms with Crippen molar-refractivity contribution in [3.05, 3.63) is 65.7 Å². The number of rotatable bonds is 2. The summed E-state index contributed by atoms with van der Waals surface area (Å²) in [5, 5.41) is -0.483. The number of benzene rings is 2. The molecule has 1 saturated heterocycles. The molecule has 4 rings (SSSR count). The molecule has 2 aromatic rings. The minimum atomic E-state index is -3.16. The fraction of sp³-hybridized carbons (Fsp3) is 0.222. The van der Waals surface area contributed by atoms with Gasteiger partial charge in [-0.25, -0.2) is 9.66 Å². The molecule has 0 bridgehead atoms. The lowest BCUT2D eigenvalue weighted by Crippen LogP contribution is -2.54. The van der Waals surface area contributed by atoms with Crippen molar-refractivity contribution in [1.82, 2.24) is 4.67 Å². The van der Waals surface area contributed by atoms with Crippen LogP contribution in [-0.2, 0) is 0 Å². The maximum absolute atomic E-state index is 14.0. The van der Waals surface area contributed by atoms with E-state index in [1.807, 2.05) is 48.5 Å². The zero-order valence-electron chi connectivity index (χ0n) is 13.8. The normalized spacial score (nSPS) is 25.8. The summed E-state index contributed by atoms with van der Waals surface area (Å²) < 4.78 is 3.31. The van der Waals surface area contributed by atoms with Crippen molar-refractivity contribution in [3.8, 4) is 0 Å². The Labute approximate surface area is 151 Å². The van der Waals surface area contributed by atoms with E-state index in [0.717, 1.165) is 17.0 Å². The van der Waals surface area contributed by atoms with Crippen LogP contribution in [-0.4, -0.2) is 41.3 Å². The smallest absolute Gasteiger partial charge is 0.289 e. The van der Waals surface area contributed by atoms with Crippen LogP contribution in [0.1, 0.15) is 15.9 Å². The van der Waals surface area contributed by atoms with Crippen molar-refractivity contribution >= 4 is 37.4 Å². The van der Waals surface area contributed by atoms with Crippen LogP contribution in [0.25, 0.3) is 0 Å². The third-order valence-electron chi connectivity index (χ3n) is 4.50. The number of para-hydroxylation sites is 1. The monoisotopic (exact) mass is 371 g/mol. The minimum absolute atomic E-state index is 0.155. The van der Waals surface area contributed by atoms with Crippen LogP contribution in [0.2, 0.25) is 0 Å². The second-order valence-electron chi connectivity index (χ2n) is 5.94. The number of carbonyl (C=O) groups is 1. The van der Waals surface area contributed by atoms with Crippen LogP contribution in [0, 0.1) is 0 Å². The van der Waals surface area contributed by atoms with Crippen LogP contribution < -0.4 is 9.56 Å². The highest BCUT2D eigenvalue weighted by Crippen LogP contribution is 2.69. The number of anilines is 1. The van der Waals surface area contributed by atoms with Crippen molar-refractivity contribution in [2.24, 2.45) is 4.99 Å². The molecule has 2 aromatic carbocycles. The molecule has 5 nitrogen and oxygen atoms in total. The molecule has 7 heteroatoms. The molecule has 2 unspecified atom stereocenters. The Kier molecular flexibility index (Phi) is 4.28. The van der Waals surface area contributed by atoms with E-state index < -0.39 is 12.9 Å².